The summed E-state index contributed by atoms with van der Waals surface area (Å²) < 4.78 is 3.67. The molecule has 1 aliphatic rings. The second kappa shape index (κ2) is 6.52. The number of rotatable bonds is 2. The molecule has 1 aromatic heterocycles. The molecular weight excluding hydrogens is 433 g/mol. The zero-order valence-corrected chi connectivity index (χ0v) is 15.7. The van der Waals surface area contributed by atoms with Gasteiger partial charge in [-0.2, -0.15) is 0 Å². The normalized spacial score (nSPS) is 14.4. The molecule has 0 fully saturated rings. The maximum Gasteiger partial charge on any atom is 0.271 e. The van der Waals surface area contributed by atoms with E-state index >= 15 is 0 Å². The van der Waals surface area contributed by atoms with Crippen LogP contribution in [0.4, 0.5) is 5.69 Å². The fraction of sp³-hybridized carbons (Fsp3) is 0.111. The molecule has 120 valence electrons. The van der Waals surface area contributed by atoms with Gasteiger partial charge in [0.15, 0.2) is 4.80 Å². The molecule has 0 spiro atoms. The molecule has 0 radical (unpaired) electrons. The van der Waals surface area contributed by atoms with E-state index < -0.39 is 0 Å². The van der Waals surface area contributed by atoms with Crippen molar-refractivity contribution >= 4 is 45.7 Å². The summed E-state index contributed by atoms with van der Waals surface area (Å²) in [5, 5.41) is 0. The van der Waals surface area contributed by atoms with Crippen molar-refractivity contribution in [3.05, 3.63) is 83.4 Å². The zero-order valence-electron chi connectivity index (χ0n) is 12.7. The minimum absolute atomic E-state index is 0.0258. The molecule has 6 heteroatoms. The maximum absolute atomic E-state index is 12.7. The average molecular weight is 447 g/mol. The van der Waals surface area contributed by atoms with Crippen LogP contribution in [0.15, 0.2) is 64.4 Å². The first kappa shape index (κ1) is 15.6. The molecule has 0 N–H and O–H groups in total. The molecule has 0 aliphatic carbocycles. The first-order valence-corrected chi connectivity index (χ1v) is 9.42. The van der Waals surface area contributed by atoms with Crippen LogP contribution in [0.1, 0.15) is 5.56 Å². The maximum atomic E-state index is 12.7. The van der Waals surface area contributed by atoms with Crippen LogP contribution in [0.25, 0.3) is 6.08 Å². The minimum Gasteiger partial charge on any atom is -0.334 e. The Balaban J connectivity index is 1.71. The molecule has 0 unspecified atom stereocenters. The first-order chi connectivity index (χ1) is 11.7. The monoisotopic (exact) mass is 447 g/mol. The van der Waals surface area contributed by atoms with Crippen LogP contribution >= 0.6 is 33.9 Å². The van der Waals surface area contributed by atoms with E-state index in [-0.39, 0.29) is 5.56 Å². The molecule has 0 bridgehead atoms. The fourth-order valence-corrected chi connectivity index (χ4v) is 3.95. The lowest BCUT2D eigenvalue weighted by atomic mass is 10.2. The molecule has 0 saturated heterocycles. The molecule has 0 saturated carbocycles. The van der Waals surface area contributed by atoms with E-state index in [2.05, 4.69) is 56.7 Å². The van der Waals surface area contributed by atoms with E-state index in [0.717, 1.165) is 20.6 Å². The summed E-state index contributed by atoms with van der Waals surface area (Å²) in [5.41, 5.74) is 2.14. The quantitative estimate of drug-likeness (QED) is 0.566. The van der Waals surface area contributed by atoms with E-state index in [0.29, 0.717) is 13.3 Å². The van der Waals surface area contributed by atoms with E-state index in [1.165, 1.54) is 14.9 Å². The number of halogens is 1. The Hall–Kier alpha value is -1.93. The number of hydrogen-bond donors (Lipinski definition) is 0. The summed E-state index contributed by atoms with van der Waals surface area (Å²) in [6.07, 6.45) is 1.93. The van der Waals surface area contributed by atoms with E-state index in [1.807, 2.05) is 36.4 Å². The van der Waals surface area contributed by atoms with Crippen molar-refractivity contribution in [3.63, 3.8) is 0 Å². The minimum atomic E-state index is 0.0258. The Morgan fingerprint density at radius 3 is 2.58 bits per heavy atom. The standard InChI is InChI=1S/C18H14IN3OS/c19-14-6-8-15(9-7-14)21-11-20-18-22(12-21)17(23)16(24-18)10-13-4-2-1-3-5-13/h1-10H,11-12H2. The van der Waals surface area contributed by atoms with Crippen LogP contribution < -0.4 is 19.8 Å². The number of anilines is 1. The van der Waals surface area contributed by atoms with E-state index in [1.54, 1.807) is 4.57 Å². The van der Waals surface area contributed by atoms with E-state index in [4.69, 9.17) is 0 Å². The van der Waals surface area contributed by atoms with Gasteiger partial charge in [0.25, 0.3) is 5.56 Å². The van der Waals surface area contributed by atoms with Gasteiger partial charge in [0.05, 0.1) is 4.53 Å². The number of fused-ring (bicyclic) bond motifs is 1. The van der Waals surface area contributed by atoms with Crippen molar-refractivity contribution in [2.45, 2.75) is 6.67 Å². The third-order valence-electron chi connectivity index (χ3n) is 3.87. The largest absolute Gasteiger partial charge is 0.334 e. The van der Waals surface area contributed by atoms with Crippen LogP contribution in [0, 0.1) is 3.57 Å². The van der Waals surface area contributed by atoms with Gasteiger partial charge in [0.2, 0.25) is 0 Å². The molecule has 4 rings (SSSR count). The smallest absolute Gasteiger partial charge is 0.271 e. The van der Waals surface area contributed by atoms with Crippen molar-refractivity contribution in [2.24, 2.45) is 4.99 Å². The van der Waals surface area contributed by atoms with Crippen molar-refractivity contribution in [1.29, 1.82) is 0 Å². The molecule has 0 atom stereocenters. The van der Waals surface area contributed by atoms with Gasteiger partial charge in [0, 0.05) is 9.26 Å². The summed E-state index contributed by atoms with van der Waals surface area (Å²) in [6.45, 7) is 1.11. The van der Waals surface area contributed by atoms with Gasteiger partial charge in [-0.3, -0.25) is 9.36 Å². The Bertz CT molecular complexity index is 1040. The SMILES string of the molecule is O=c1c(=Cc2ccccc2)sc2n1CN(c1ccc(I)cc1)CN=2. The second-order valence-corrected chi connectivity index (χ2v) is 7.75. The number of thiazole rings is 1. The highest BCUT2D eigenvalue weighted by atomic mass is 127. The summed E-state index contributed by atoms with van der Waals surface area (Å²) in [6, 6.07) is 18.2. The van der Waals surface area contributed by atoms with Crippen LogP contribution in [0.2, 0.25) is 0 Å². The predicted molar refractivity (Wildman–Crippen MR) is 106 cm³/mol. The third kappa shape index (κ3) is 3.03. The van der Waals surface area contributed by atoms with Gasteiger partial charge in [-0.25, -0.2) is 4.99 Å². The van der Waals surface area contributed by atoms with Crippen LogP contribution in [-0.2, 0) is 6.67 Å². The molecule has 1 aliphatic heterocycles. The zero-order chi connectivity index (χ0) is 16.5. The Kier molecular flexibility index (Phi) is 4.24. The molecule has 0 amide bonds. The lowest BCUT2D eigenvalue weighted by molar-refractivity contribution is 0.569. The predicted octanol–water partition coefficient (Wildman–Crippen LogP) is 2.40. The molecule has 2 heterocycles. The van der Waals surface area contributed by atoms with Crippen molar-refractivity contribution in [3.8, 4) is 0 Å². The summed E-state index contributed by atoms with van der Waals surface area (Å²) in [4.78, 5) is 20.2. The highest BCUT2D eigenvalue weighted by molar-refractivity contribution is 14.1. The molecule has 24 heavy (non-hydrogen) atoms. The summed E-state index contributed by atoms with van der Waals surface area (Å²) in [7, 11) is 0. The summed E-state index contributed by atoms with van der Waals surface area (Å²) >= 11 is 3.74. The highest BCUT2D eigenvalue weighted by Gasteiger charge is 2.15. The lowest BCUT2D eigenvalue weighted by Crippen LogP contribution is -2.42. The molecular formula is C18H14IN3OS. The Labute approximate surface area is 156 Å². The van der Waals surface area contributed by atoms with Gasteiger partial charge in [-0.05, 0) is 58.5 Å². The van der Waals surface area contributed by atoms with Gasteiger partial charge in [-0.15, -0.1) is 0 Å². The van der Waals surface area contributed by atoms with Crippen LogP contribution in [0.5, 0.6) is 0 Å². The van der Waals surface area contributed by atoms with E-state index in [9.17, 15) is 4.79 Å². The lowest BCUT2D eigenvalue weighted by Gasteiger charge is -2.25. The molecule has 4 nitrogen and oxygen atoms in total. The van der Waals surface area contributed by atoms with Crippen LogP contribution in [-0.4, -0.2) is 11.2 Å². The van der Waals surface area contributed by atoms with Crippen LogP contribution in [0.3, 0.4) is 0 Å². The van der Waals surface area contributed by atoms with Crippen molar-refractivity contribution in [1.82, 2.24) is 4.57 Å². The van der Waals surface area contributed by atoms with Crippen molar-refractivity contribution in [2.75, 3.05) is 11.6 Å². The fourth-order valence-electron chi connectivity index (χ4n) is 2.63. The molecule has 2 aromatic carbocycles. The third-order valence-corrected chi connectivity index (χ3v) is 5.63. The van der Waals surface area contributed by atoms with Crippen molar-refractivity contribution < 1.29 is 0 Å². The number of aromatic nitrogens is 1. The molecule has 3 aromatic rings. The van der Waals surface area contributed by atoms with Gasteiger partial charge in [0.1, 0.15) is 13.3 Å². The Morgan fingerprint density at radius 2 is 1.83 bits per heavy atom. The highest BCUT2D eigenvalue weighted by Crippen LogP contribution is 2.17. The number of hydrogen-bond acceptors (Lipinski definition) is 4. The number of benzene rings is 2. The first-order valence-electron chi connectivity index (χ1n) is 7.52. The topological polar surface area (TPSA) is 37.6 Å². The average Bonchev–Trinajstić information content (AvgIpc) is 2.92. The van der Waals surface area contributed by atoms with Gasteiger partial charge >= 0.3 is 0 Å². The van der Waals surface area contributed by atoms with Gasteiger partial charge < -0.3 is 4.90 Å². The summed E-state index contributed by atoms with van der Waals surface area (Å²) in [5.74, 6) is 0. The Morgan fingerprint density at radius 1 is 1.08 bits per heavy atom. The van der Waals surface area contributed by atoms with Gasteiger partial charge in [-0.1, -0.05) is 41.7 Å². The number of nitrogens with zero attached hydrogens (tertiary/aromatic N) is 3. The second-order valence-electron chi connectivity index (χ2n) is 5.49.